The summed E-state index contributed by atoms with van der Waals surface area (Å²) in [6.45, 7) is 1.43. The van der Waals surface area contributed by atoms with Gasteiger partial charge in [0.1, 0.15) is 6.10 Å². The van der Waals surface area contributed by atoms with Crippen molar-refractivity contribution < 1.29 is 19.0 Å². The minimum atomic E-state index is -0.661. The number of primary amides is 1. The third-order valence-electron chi connectivity index (χ3n) is 3.29. The van der Waals surface area contributed by atoms with Gasteiger partial charge < -0.3 is 19.9 Å². The summed E-state index contributed by atoms with van der Waals surface area (Å²) in [4.78, 5) is 10.6. The van der Waals surface area contributed by atoms with E-state index in [9.17, 15) is 4.79 Å². The summed E-state index contributed by atoms with van der Waals surface area (Å²) < 4.78 is 15.8. The van der Waals surface area contributed by atoms with Crippen molar-refractivity contribution in [3.8, 4) is 0 Å². The third-order valence-corrected chi connectivity index (χ3v) is 3.29. The molecule has 5 heteroatoms. The highest BCUT2D eigenvalue weighted by molar-refractivity contribution is 5.64. The standard InChI is InChI=1S/C11H19NO4/c12-11(13)16-9-3-1-8(2-4-9)7-10-14-5-6-15-10/h8-10H,1-7H2,(H2,12,13). The monoisotopic (exact) mass is 229 g/mol. The number of nitrogens with two attached hydrogens (primary N) is 1. The quantitative estimate of drug-likeness (QED) is 0.794. The van der Waals surface area contributed by atoms with Gasteiger partial charge in [0.15, 0.2) is 6.29 Å². The van der Waals surface area contributed by atoms with Crippen LogP contribution < -0.4 is 5.73 Å². The van der Waals surface area contributed by atoms with Crippen LogP contribution in [0, 0.1) is 5.92 Å². The zero-order valence-corrected chi connectivity index (χ0v) is 9.39. The molecule has 2 rings (SSSR count). The Balaban J connectivity index is 1.66. The van der Waals surface area contributed by atoms with Gasteiger partial charge in [0.25, 0.3) is 0 Å². The van der Waals surface area contributed by atoms with Crippen LogP contribution in [0.4, 0.5) is 4.79 Å². The molecule has 0 radical (unpaired) electrons. The minimum absolute atomic E-state index is 0.0131. The zero-order chi connectivity index (χ0) is 11.4. The molecule has 1 amide bonds. The predicted molar refractivity (Wildman–Crippen MR) is 56.7 cm³/mol. The van der Waals surface area contributed by atoms with Crippen LogP contribution in [0.3, 0.4) is 0 Å². The van der Waals surface area contributed by atoms with E-state index in [0.29, 0.717) is 19.1 Å². The van der Waals surface area contributed by atoms with Crippen molar-refractivity contribution in [3.63, 3.8) is 0 Å². The summed E-state index contributed by atoms with van der Waals surface area (Å²) in [5, 5.41) is 0. The smallest absolute Gasteiger partial charge is 0.404 e. The van der Waals surface area contributed by atoms with Gasteiger partial charge >= 0.3 is 6.09 Å². The molecule has 0 bridgehead atoms. The molecule has 1 saturated carbocycles. The summed E-state index contributed by atoms with van der Waals surface area (Å²) >= 11 is 0. The highest BCUT2D eigenvalue weighted by Gasteiger charge is 2.27. The van der Waals surface area contributed by atoms with Gasteiger partial charge in [0, 0.05) is 6.42 Å². The highest BCUT2D eigenvalue weighted by Crippen LogP contribution is 2.30. The Hall–Kier alpha value is -0.810. The number of carbonyl (C=O) groups is 1. The fourth-order valence-electron chi connectivity index (χ4n) is 2.47. The Morgan fingerprint density at radius 3 is 2.38 bits per heavy atom. The number of ether oxygens (including phenoxy) is 3. The summed E-state index contributed by atoms with van der Waals surface area (Å²) in [5.41, 5.74) is 4.99. The molecule has 0 spiro atoms. The van der Waals surface area contributed by atoms with Crippen LogP contribution in [0.1, 0.15) is 32.1 Å². The van der Waals surface area contributed by atoms with E-state index in [2.05, 4.69) is 0 Å². The minimum Gasteiger partial charge on any atom is -0.446 e. The molecule has 92 valence electrons. The molecule has 0 aromatic heterocycles. The van der Waals surface area contributed by atoms with Crippen molar-refractivity contribution in [3.05, 3.63) is 0 Å². The second kappa shape index (κ2) is 5.50. The molecule has 1 heterocycles. The van der Waals surface area contributed by atoms with Gasteiger partial charge in [0.2, 0.25) is 0 Å². The van der Waals surface area contributed by atoms with Gasteiger partial charge in [-0.2, -0.15) is 0 Å². The number of hydrogen-bond donors (Lipinski definition) is 1. The van der Waals surface area contributed by atoms with Gasteiger partial charge in [-0.3, -0.25) is 0 Å². The largest absolute Gasteiger partial charge is 0.446 e. The first-order valence-corrected chi connectivity index (χ1v) is 5.93. The molecule has 2 fully saturated rings. The van der Waals surface area contributed by atoms with Gasteiger partial charge in [-0.15, -0.1) is 0 Å². The molecule has 1 saturated heterocycles. The number of carbonyl (C=O) groups excluding carboxylic acids is 1. The number of amides is 1. The van der Waals surface area contributed by atoms with E-state index in [1.54, 1.807) is 0 Å². The molecule has 1 aliphatic carbocycles. The Morgan fingerprint density at radius 2 is 1.81 bits per heavy atom. The van der Waals surface area contributed by atoms with Crippen LogP contribution >= 0.6 is 0 Å². The molecule has 5 nitrogen and oxygen atoms in total. The average Bonchev–Trinajstić information content (AvgIpc) is 2.73. The van der Waals surface area contributed by atoms with E-state index in [0.717, 1.165) is 32.1 Å². The second-order valence-electron chi connectivity index (χ2n) is 4.49. The van der Waals surface area contributed by atoms with E-state index in [4.69, 9.17) is 19.9 Å². The van der Waals surface area contributed by atoms with Crippen LogP contribution in [-0.2, 0) is 14.2 Å². The Kier molecular flexibility index (Phi) is 4.01. The molecule has 0 aromatic carbocycles. The van der Waals surface area contributed by atoms with Gasteiger partial charge in [0.05, 0.1) is 13.2 Å². The first-order chi connectivity index (χ1) is 7.74. The molecular formula is C11H19NO4. The van der Waals surface area contributed by atoms with E-state index >= 15 is 0 Å². The average molecular weight is 229 g/mol. The number of rotatable bonds is 3. The van der Waals surface area contributed by atoms with Crippen LogP contribution in [0.25, 0.3) is 0 Å². The van der Waals surface area contributed by atoms with E-state index in [1.165, 1.54) is 0 Å². The van der Waals surface area contributed by atoms with E-state index in [-0.39, 0.29) is 12.4 Å². The zero-order valence-electron chi connectivity index (χ0n) is 9.39. The summed E-state index contributed by atoms with van der Waals surface area (Å²) in [7, 11) is 0. The van der Waals surface area contributed by atoms with Crippen molar-refractivity contribution in [2.24, 2.45) is 11.7 Å². The van der Waals surface area contributed by atoms with Crippen LogP contribution in [0.15, 0.2) is 0 Å². The summed E-state index contributed by atoms with van der Waals surface area (Å²) in [6, 6.07) is 0. The molecule has 0 aromatic rings. The van der Waals surface area contributed by atoms with Crippen LogP contribution in [0.2, 0.25) is 0 Å². The maximum absolute atomic E-state index is 10.6. The SMILES string of the molecule is NC(=O)OC1CCC(CC2OCCO2)CC1. The maximum atomic E-state index is 10.6. The van der Waals surface area contributed by atoms with Crippen LogP contribution in [-0.4, -0.2) is 31.7 Å². The fourth-order valence-corrected chi connectivity index (χ4v) is 2.47. The molecule has 0 atom stereocenters. The molecule has 0 unspecified atom stereocenters. The summed E-state index contributed by atoms with van der Waals surface area (Å²) in [5.74, 6) is 0.621. The molecule has 1 aliphatic heterocycles. The summed E-state index contributed by atoms with van der Waals surface area (Å²) in [6.07, 6.45) is 4.22. The van der Waals surface area contributed by atoms with Crippen molar-refractivity contribution in [2.45, 2.75) is 44.5 Å². The lowest BCUT2D eigenvalue weighted by molar-refractivity contribution is -0.0629. The van der Waals surface area contributed by atoms with Crippen molar-refractivity contribution in [2.75, 3.05) is 13.2 Å². The van der Waals surface area contributed by atoms with Crippen molar-refractivity contribution >= 4 is 6.09 Å². The molecular weight excluding hydrogens is 210 g/mol. The van der Waals surface area contributed by atoms with Gasteiger partial charge in [-0.25, -0.2) is 4.79 Å². The fraction of sp³-hybridized carbons (Fsp3) is 0.909. The second-order valence-corrected chi connectivity index (χ2v) is 4.49. The van der Waals surface area contributed by atoms with Crippen molar-refractivity contribution in [1.29, 1.82) is 0 Å². The van der Waals surface area contributed by atoms with E-state index < -0.39 is 6.09 Å². The molecule has 2 N–H and O–H groups in total. The van der Waals surface area contributed by atoms with E-state index in [1.807, 2.05) is 0 Å². The lowest BCUT2D eigenvalue weighted by Crippen LogP contribution is -2.28. The molecule has 2 aliphatic rings. The maximum Gasteiger partial charge on any atom is 0.404 e. The lowest BCUT2D eigenvalue weighted by atomic mass is 9.85. The first-order valence-electron chi connectivity index (χ1n) is 5.93. The normalized spacial score (nSPS) is 31.5. The van der Waals surface area contributed by atoms with Gasteiger partial charge in [-0.1, -0.05) is 0 Å². The number of hydrogen-bond acceptors (Lipinski definition) is 4. The van der Waals surface area contributed by atoms with Crippen molar-refractivity contribution in [1.82, 2.24) is 0 Å². The van der Waals surface area contributed by atoms with Crippen LogP contribution in [0.5, 0.6) is 0 Å². The Morgan fingerprint density at radius 1 is 1.19 bits per heavy atom. The first kappa shape index (κ1) is 11.7. The van der Waals surface area contributed by atoms with Gasteiger partial charge in [-0.05, 0) is 31.6 Å². The highest BCUT2D eigenvalue weighted by atomic mass is 16.7. The lowest BCUT2D eigenvalue weighted by Gasteiger charge is -2.28. The third kappa shape index (κ3) is 3.35. The molecule has 16 heavy (non-hydrogen) atoms. The Bertz CT molecular complexity index is 232. The Labute approximate surface area is 95.2 Å². The predicted octanol–water partition coefficient (Wildman–Crippen LogP) is 1.40. The topological polar surface area (TPSA) is 70.8 Å².